The van der Waals surface area contributed by atoms with Gasteiger partial charge in [0, 0.05) is 17.3 Å². The Hall–Kier alpha value is -3.44. The smallest absolute Gasteiger partial charge is 0.224 e. The Kier molecular flexibility index (Phi) is 4.58. The van der Waals surface area contributed by atoms with Crippen LogP contribution in [0.3, 0.4) is 0 Å². The van der Waals surface area contributed by atoms with Gasteiger partial charge in [-0.25, -0.2) is 9.97 Å². The van der Waals surface area contributed by atoms with Crippen LogP contribution in [0.15, 0.2) is 85.1 Å². The number of para-hydroxylation sites is 2. The second kappa shape index (κ2) is 7.53. The number of halogens is 1. The molecule has 0 saturated heterocycles. The van der Waals surface area contributed by atoms with Gasteiger partial charge < -0.3 is 5.32 Å². The van der Waals surface area contributed by atoms with Crippen molar-refractivity contribution >= 4 is 39.2 Å². The van der Waals surface area contributed by atoms with E-state index in [9.17, 15) is 0 Å². The van der Waals surface area contributed by atoms with Crippen LogP contribution >= 0.6 is 11.6 Å². The molecule has 1 N–H and O–H groups in total. The summed E-state index contributed by atoms with van der Waals surface area (Å²) >= 11 is 6.15. The van der Waals surface area contributed by atoms with E-state index < -0.39 is 0 Å². The molecule has 0 fully saturated rings. The van der Waals surface area contributed by atoms with Crippen LogP contribution in [0.5, 0.6) is 0 Å². The second-order valence-corrected chi connectivity index (χ2v) is 7.15. The molecule has 1 atom stereocenters. The molecule has 0 aliphatic heterocycles. The fourth-order valence-electron chi connectivity index (χ4n) is 3.64. The Bertz CT molecular complexity index is 1280. The number of benzene rings is 3. The third-order valence-electron chi connectivity index (χ3n) is 5.02. The molecule has 3 aromatic carbocycles. The molecule has 0 amide bonds. The largest absolute Gasteiger partial charge is 0.367 e. The van der Waals surface area contributed by atoms with Crippen molar-refractivity contribution in [2.24, 2.45) is 0 Å². The molecule has 0 radical (unpaired) electrons. The summed E-state index contributed by atoms with van der Waals surface area (Å²) in [6.45, 7) is 0.604. The van der Waals surface area contributed by atoms with E-state index in [0.717, 1.165) is 27.6 Å². The Labute approximate surface area is 173 Å². The summed E-state index contributed by atoms with van der Waals surface area (Å²) in [5.74, 6) is 0.720. The van der Waals surface area contributed by atoms with Gasteiger partial charge >= 0.3 is 0 Å². The standard InChI is InChI=1S/C23H18ClN5/c24-23-27-19-12-6-5-11-18(19)22(28-23)25-15-21(16-8-2-1-3-9-16)29-20-13-7-4-10-17(20)14-26-29/h1-14,21H,15H2,(H,25,27,28). The summed E-state index contributed by atoms with van der Waals surface area (Å²) in [4.78, 5) is 8.73. The number of fused-ring (bicyclic) bond motifs is 2. The Morgan fingerprint density at radius 3 is 2.52 bits per heavy atom. The van der Waals surface area contributed by atoms with E-state index in [1.807, 2.05) is 60.8 Å². The van der Waals surface area contributed by atoms with Crippen LogP contribution in [0.25, 0.3) is 21.8 Å². The quantitative estimate of drug-likeness (QED) is 0.405. The molecule has 0 aliphatic carbocycles. The van der Waals surface area contributed by atoms with Gasteiger partial charge in [-0.15, -0.1) is 0 Å². The average molecular weight is 400 g/mol. The molecular formula is C23H18ClN5. The monoisotopic (exact) mass is 399 g/mol. The summed E-state index contributed by atoms with van der Waals surface area (Å²) < 4.78 is 2.06. The van der Waals surface area contributed by atoms with Crippen molar-refractivity contribution in [2.45, 2.75) is 6.04 Å². The molecule has 0 bridgehead atoms. The molecule has 2 aromatic heterocycles. The zero-order chi connectivity index (χ0) is 19.6. The Morgan fingerprint density at radius 1 is 0.862 bits per heavy atom. The van der Waals surface area contributed by atoms with Gasteiger partial charge in [-0.05, 0) is 35.4 Å². The van der Waals surface area contributed by atoms with Gasteiger partial charge in [0.25, 0.3) is 0 Å². The molecule has 0 spiro atoms. The van der Waals surface area contributed by atoms with Crippen LogP contribution in [0.4, 0.5) is 5.82 Å². The lowest BCUT2D eigenvalue weighted by Crippen LogP contribution is -2.21. The molecule has 2 heterocycles. The van der Waals surface area contributed by atoms with Gasteiger partial charge in [-0.2, -0.15) is 5.10 Å². The van der Waals surface area contributed by atoms with Gasteiger partial charge in [-0.3, -0.25) is 4.68 Å². The third kappa shape index (κ3) is 3.41. The highest BCUT2D eigenvalue weighted by Gasteiger charge is 2.18. The average Bonchev–Trinajstić information content (AvgIpc) is 3.18. The number of anilines is 1. The maximum atomic E-state index is 6.15. The van der Waals surface area contributed by atoms with Gasteiger partial charge in [0.2, 0.25) is 5.28 Å². The van der Waals surface area contributed by atoms with Gasteiger partial charge in [0.1, 0.15) is 5.82 Å². The van der Waals surface area contributed by atoms with Crippen LogP contribution in [-0.4, -0.2) is 26.3 Å². The number of nitrogens with zero attached hydrogens (tertiary/aromatic N) is 4. The summed E-state index contributed by atoms with van der Waals surface area (Å²) in [5.41, 5.74) is 3.07. The normalized spacial score (nSPS) is 12.3. The zero-order valence-electron chi connectivity index (χ0n) is 15.5. The number of hydrogen-bond acceptors (Lipinski definition) is 4. The van der Waals surface area contributed by atoms with E-state index in [-0.39, 0.29) is 11.3 Å². The number of hydrogen-bond donors (Lipinski definition) is 1. The van der Waals surface area contributed by atoms with Crippen molar-refractivity contribution in [2.75, 3.05) is 11.9 Å². The lowest BCUT2D eigenvalue weighted by molar-refractivity contribution is 0.561. The first-order valence-corrected chi connectivity index (χ1v) is 9.81. The summed E-state index contributed by atoms with van der Waals surface area (Å²) in [6, 6.07) is 26.4. The number of aromatic nitrogens is 4. The van der Waals surface area contributed by atoms with Crippen LogP contribution in [0.2, 0.25) is 5.28 Å². The second-order valence-electron chi connectivity index (χ2n) is 6.81. The number of rotatable bonds is 5. The molecule has 29 heavy (non-hydrogen) atoms. The van der Waals surface area contributed by atoms with Crippen molar-refractivity contribution in [3.63, 3.8) is 0 Å². The Morgan fingerprint density at radius 2 is 1.62 bits per heavy atom. The zero-order valence-corrected chi connectivity index (χ0v) is 16.3. The molecule has 1 unspecified atom stereocenters. The minimum Gasteiger partial charge on any atom is -0.367 e. The van der Waals surface area contributed by atoms with Crippen molar-refractivity contribution in [3.05, 3.63) is 95.9 Å². The van der Waals surface area contributed by atoms with Crippen LogP contribution in [0.1, 0.15) is 11.6 Å². The SMILES string of the molecule is Clc1nc(NCC(c2ccccc2)n2ncc3ccccc32)c2ccccc2n1. The molecule has 5 nitrogen and oxygen atoms in total. The fraction of sp³-hybridized carbons (Fsp3) is 0.0870. The van der Waals surface area contributed by atoms with E-state index in [4.69, 9.17) is 11.6 Å². The van der Waals surface area contributed by atoms with E-state index in [0.29, 0.717) is 6.54 Å². The predicted molar refractivity (Wildman–Crippen MR) is 117 cm³/mol. The van der Waals surface area contributed by atoms with E-state index in [1.165, 1.54) is 5.56 Å². The highest BCUT2D eigenvalue weighted by molar-refractivity contribution is 6.28. The van der Waals surface area contributed by atoms with E-state index in [1.54, 1.807) is 0 Å². The molecule has 0 aliphatic rings. The van der Waals surface area contributed by atoms with Crippen LogP contribution in [-0.2, 0) is 0 Å². The molecular weight excluding hydrogens is 382 g/mol. The lowest BCUT2D eigenvalue weighted by atomic mass is 10.1. The molecule has 142 valence electrons. The van der Waals surface area contributed by atoms with E-state index in [2.05, 4.69) is 49.3 Å². The van der Waals surface area contributed by atoms with Crippen LogP contribution in [0, 0.1) is 0 Å². The minimum atomic E-state index is -0.0106. The minimum absolute atomic E-state index is 0.0106. The molecule has 6 heteroatoms. The fourth-order valence-corrected chi connectivity index (χ4v) is 3.81. The Balaban J connectivity index is 1.55. The van der Waals surface area contributed by atoms with Gasteiger partial charge in [0.05, 0.1) is 23.3 Å². The highest BCUT2D eigenvalue weighted by atomic mass is 35.5. The van der Waals surface area contributed by atoms with Gasteiger partial charge in [-0.1, -0.05) is 60.7 Å². The molecule has 5 rings (SSSR count). The molecule has 5 aromatic rings. The first-order valence-electron chi connectivity index (χ1n) is 9.43. The maximum Gasteiger partial charge on any atom is 0.224 e. The first kappa shape index (κ1) is 17.6. The number of nitrogens with one attached hydrogen (secondary N) is 1. The first-order chi connectivity index (χ1) is 14.3. The van der Waals surface area contributed by atoms with Crippen molar-refractivity contribution in [3.8, 4) is 0 Å². The molecule has 0 saturated carbocycles. The predicted octanol–water partition coefficient (Wildman–Crippen LogP) is 5.33. The van der Waals surface area contributed by atoms with Crippen molar-refractivity contribution in [1.82, 2.24) is 19.7 Å². The van der Waals surface area contributed by atoms with E-state index >= 15 is 0 Å². The maximum absolute atomic E-state index is 6.15. The lowest BCUT2D eigenvalue weighted by Gasteiger charge is -2.21. The van der Waals surface area contributed by atoms with Crippen molar-refractivity contribution < 1.29 is 0 Å². The topological polar surface area (TPSA) is 55.6 Å². The summed E-state index contributed by atoms with van der Waals surface area (Å²) in [6.07, 6.45) is 1.90. The summed E-state index contributed by atoms with van der Waals surface area (Å²) in [7, 11) is 0. The third-order valence-corrected chi connectivity index (χ3v) is 5.19. The highest BCUT2D eigenvalue weighted by Crippen LogP contribution is 2.26. The summed E-state index contributed by atoms with van der Waals surface area (Å²) in [5, 5.41) is 10.4. The van der Waals surface area contributed by atoms with Crippen molar-refractivity contribution in [1.29, 1.82) is 0 Å². The van der Waals surface area contributed by atoms with Gasteiger partial charge in [0.15, 0.2) is 0 Å². The van der Waals surface area contributed by atoms with Crippen LogP contribution < -0.4 is 5.32 Å².